The fourth-order valence-electron chi connectivity index (χ4n) is 0.320. The van der Waals surface area contributed by atoms with E-state index in [4.69, 9.17) is 18.0 Å². The van der Waals surface area contributed by atoms with Crippen LogP contribution in [0.4, 0.5) is 0 Å². The Hall–Kier alpha value is -0.520. The lowest BCUT2D eigenvalue weighted by Gasteiger charge is -1.69. The van der Waals surface area contributed by atoms with Crippen LogP contribution in [0, 0.1) is 12.3 Å². The van der Waals surface area contributed by atoms with Gasteiger partial charge in [0.2, 0.25) is 0 Å². The Labute approximate surface area is 56.3 Å². The molecule has 0 amide bonds. The minimum absolute atomic E-state index is 0.475. The van der Waals surface area contributed by atoms with E-state index in [-0.39, 0.29) is 0 Å². The zero-order valence-electron chi connectivity index (χ0n) is 3.89. The van der Waals surface area contributed by atoms with Crippen LogP contribution in [0.5, 0.6) is 0 Å². The maximum absolute atomic E-state index is 5.44. The van der Waals surface area contributed by atoms with E-state index in [1.165, 1.54) is 11.3 Å². The molecule has 3 heteroatoms. The molecular weight excluding hydrogens is 142 g/mol. The molecule has 1 aromatic rings. The Bertz CT molecular complexity index is 223. The van der Waals surface area contributed by atoms with Gasteiger partial charge in [0.25, 0.3) is 0 Å². The summed E-state index contributed by atoms with van der Waals surface area (Å²) >= 11 is 6.81. The van der Waals surface area contributed by atoms with Crippen molar-refractivity contribution in [2.24, 2.45) is 0 Å². The third-order valence-corrected chi connectivity index (χ3v) is 1.70. The van der Waals surface area contributed by atoms with Gasteiger partial charge in [-0.05, 0) is 5.92 Å². The fourth-order valence-corrected chi connectivity index (χ4v) is 1.07. The summed E-state index contributed by atoms with van der Waals surface area (Å²) in [6, 6.07) is 0. The maximum atomic E-state index is 5.44. The van der Waals surface area contributed by atoms with Gasteiger partial charge in [0.1, 0.15) is 5.15 Å². The SMILES string of the molecule is C#Cc1nc(Cl)cs1. The van der Waals surface area contributed by atoms with E-state index in [1.54, 1.807) is 5.38 Å². The van der Waals surface area contributed by atoms with Gasteiger partial charge in [0.15, 0.2) is 5.01 Å². The third-order valence-electron chi connectivity index (χ3n) is 0.600. The number of hydrogen-bond donors (Lipinski definition) is 0. The van der Waals surface area contributed by atoms with Crippen LogP contribution in [-0.2, 0) is 0 Å². The van der Waals surface area contributed by atoms with Crippen LogP contribution in [0.15, 0.2) is 5.38 Å². The van der Waals surface area contributed by atoms with Crippen LogP contribution in [0.25, 0.3) is 0 Å². The summed E-state index contributed by atoms with van der Waals surface area (Å²) in [5.41, 5.74) is 0. The lowest BCUT2D eigenvalue weighted by Crippen LogP contribution is -1.64. The van der Waals surface area contributed by atoms with Crippen molar-refractivity contribution in [3.63, 3.8) is 0 Å². The first kappa shape index (κ1) is 5.61. The highest BCUT2D eigenvalue weighted by Crippen LogP contribution is 2.11. The summed E-state index contributed by atoms with van der Waals surface area (Å²) in [6.45, 7) is 0. The fraction of sp³-hybridized carbons (Fsp3) is 0. The van der Waals surface area contributed by atoms with E-state index < -0.39 is 0 Å². The number of nitrogens with zero attached hydrogens (tertiary/aromatic N) is 1. The molecule has 0 fully saturated rings. The van der Waals surface area contributed by atoms with Gasteiger partial charge in [-0.15, -0.1) is 17.8 Å². The molecule has 0 N–H and O–H groups in total. The molecule has 0 aromatic carbocycles. The van der Waals surface area contributed by atoms with E-state index in [2.05, 4.69) is 10.9 Å². The predicted octanol–water partition coefficient (Wildman–Crippen LogP) is 1.78. The smallest absolute Gasteiger partial charge is 0.168 e. The summed E-state index contributed by atoms with van der Waals surface area (Å²) in [5, 5.41) is 2.81. The van der Waals surface area contributed by atoms with Gasteiger partial charge in [-0.25, -0.2) is 4.98 Å². The average molecular weight is 144 g/mol. The lowest BCUT2D eigenvalue weighted by molar-refractivity contribution is 1.39. The van der Waals surface area contributed by atoms with Crippen molar-refractivity contribution >= 4 is 22.9 Å². The van der Waals surface area contributed by atoms with Crippen molar-refractivity contribution in [2.45, 2.75) is 0 Å². The Morgan fingerprint density at radius 1 is 1.88 bits per heavy atom. The molecule has 0 aliphatic rings. The average Bonchev–Trinajstić information content (AvgIpc) is 2.14. The molecule has 8 heavy (non-hydrogen) atoms. The van der Waals surface area contributed by atoms with Crippen molar-refractivity contribution in [3.05, 3.63) is 15.5 Å². The van der Waals surface area contributed by atoms with Crippen LogP contribution in [0.2, 0.25) is 5.15 Å². The van der Waals surface area contributed by atoms with Crippen LogP contribution < -0.4 is 0 Å². The van der Waals surface area contributed by atoms with Gasteiger partial charge in [0.05, 0.1) is 0 Å². The molecular formula is C5H2ClNS. The van der Waals surface area contributed by atoms with Crippen molar-refractivity contribution in [3.8, 4) is 12.3 Å². The molecule has 1 aromatic heterocycles. The highest BCUT2D eigenvalue weighted by atomic mass is 35.5. The Morgan fingerprint density at radius 3 is 2.88 bits per heavy atom. The van der Waals surface area contributed by atoms with Crippen molar-refractivity contribution in [1.29, 1.82) is 0 Å². The van der Waals surface area contributed by atoms with Crippen molar-refractivity contribution in [1.82, 2.24) is 4.98 Å². The Kier molecular flexibility index (Phi) is 1.52. The van der Waals surface area contributed by atoms with Gasteiger partial charge in [-0.2, -0.15) is 0 Å². The van der Waals surface area contributed by atoms with E-state index in [0.29, 0.717) is 10.2 Å². The minimum Gasteiger partial charge on any atom is -0.216 e. The number of rotatable bonds is 0. The standard InChI is InChI=1S/C5H2ClNS/c1-2-5-7-4(6)3-8-5/h1,3H. The van der Waals surface area contributed by atoms with Crippen LogP contribution in [0.3, 0.4) is 0 Å². The molecule has 0 unspecified atom stereocenters. The topological polar surface area (TPSA) is 12.9 Å². The molecule has 0 bridgehead atoms. The molecule has 1 rings (SSSR count). The lowest BCUT2D eigenvalue weighted by atomic mass is 10.7. The summed E-state index contributed by atoms with van der Waals surface area (Å²) in [7, 11) is 0. The zero-order chi connectivity index (χ0) is 5.98. The first-order chi connectivity index (χ1) is 3.83. The van der Waals surface area contributed by atoms with E-state index in [1.807, 2.05) is 0 Å². The molecule has 0 atom stereocenters. The Morgan fingerprint density at radius 2 is 2.62 bits per heavy atom. The number of hydrogen-bond acceptors (Lipinski definition) is 2. The summed E-state index contributed by atoms with van der Waals surface area (Å²) in [5.74, 6) is 2.37. The van der Waals surface area contributed by atoms with Crippen LogP contribution in [0.1, 0.15) is 5.01 Å². The molecule has 40 valence electrons. The van der Waals surface area contributed by atoms with Gasteiger partial charge in [-0.1, -0.05) is 11.6 Å². The first-order valence-corrected chi connectivity index (χ1v) is 3.16. The van der Waals surface area contributed by atoms with Gasteiger partial charge in [0, 0.05) is 5.38 Å². The van der Waals surface area contributed by atoms with Gasteiger partial charge < -0.3 is 0 Å². The first-order valence-electron chi connectivity index (χ1n) is 1.90. The molecule has 0 saturated heterocycles. The van der Waals surface area contributed by atoms with Crippen molar-refractivity contribution < 1.29 is 0 Å². The highest BCUT2D eigenvalue weighted by Gasteiger charge is 1.91. The van der Waals surface area contributed by atoms with Crippen LogP contribution >= 0.6 is 22.9 Å². The second kappa shape index (κ2) is 2.17. The van der Waals surface area contributed by atoms with E-state index >= 15 is 0 Å². The molecule has 0 spiro atoms. The molecule has 0 aliphatic heterocycles. The zero-order valence-corrected chi connectivity index (χ0v) is 5.46. The van der Waals surface area contributed by atoms with E-state index in [0.717, 1.165) is 0 Å². The monoisotopic (exact) mass is 143 g/mol. The van der Waals surface area contributed by atoms with E-state index in [9.17, 15) is 0 Å². The normalized spacial score (nSPS) is 8.50. The minimum atomic E-state index is 0.475. The number of aromatic nitrogens is 1. The van der Waals surface area contributed by atoms with Gasteiger partial charge >= 0.3 is 0 Å². The summed E-state index contributed by atoms with van der Waals surface area (Å²) < 4.78 is 0. The third kappa shape index (κ3) is 1.00. The highest BCUT2D eigenvalue weighted by molar-refractivity contribution is 7.10. The number of terminal acetylenes is 1. The number of halogens is 1. The Balaban J connectivity index is 3.05. The predicted molar refractivity (Wildman–Crippen MR) is 35.1 cm³/mol. The van der Waals surface area contributed by atoms with Gasteiger partial charge in [-0.3, -0.25) is 0 Å². The van der Waals surface area contributed by atoms with Crippen molar-refractivity contribution in [2.75, 3.05) is 0 Å². The summed E-state index contributed by atoms with van der Waals surface area (Å²) in [4.78, 5) is 3.78. The number of thiazole rings is 1. The van der Waals surface area contributed by atoms with Crippen LogP contribution in [-0.4, -0.2) is 4.98 Å². The molecule has 1 nitrogen and oxygen atoms in total. The maximum Gasteiger partial charge on any atom is 0.168 e. The second-order valence-corrected chi connectivity index (χ2v) is 2.37. The summed E-state index contributed by atoms with van der Waals surface area (Å²) in [6.07, 6.45) is 5.00. The molecule has 0 saturated carbocycles. The quantitative estimate of drug-likeness (QED) is 0.505. The second-order valence-electron chi connectivity index (χ2n) is 1.12. The molecule has 1 heterocycles. The molecule has 0 aliphatic carbocycles. The molecule has 0 radical (unpaired) electrons. The largest absolute Gasteiger partial charge is 0.216 e.